The average molecular weight is 426 g/mol. The van der Waals surface area contributed by atoms with Gasteiger partial charge in [-0.1, -0.05) is 12.1 Å². The van der Waals surface area contributed by atoms with Gasteiger partial charge in [0.25, 0.3) is 0 Å². The molecule has 0 amide bonds. The summed E-state index contributed by atoms with van der Waals surface area (Å²) in [6.45, 7) is 0. The van der Waals surface area contributed by atoms with E-state index in [1.165, 1.54) is 0 Å². The Morgan fingerprint density at radius 1 is 0.690 bits per heavy atom. The number of nitro benzene ring substituents is 2. The quantitative estimate of drug-likeness (QED) is 0.426. The summed E-state index contributed by atoms with van der Waals surface area (Å²) in [5, 5.41) is 40.5. The molecular weight excluding hydrogens is 418 g/mol. The zero-order chi connectivity index (χ0) is 22.4. The first-order valence-electron chi connectivity index (χ1n) is 7.23. The van der Waals surface area contributed by atoms with Crippen molar-refractivity contribution in [2.75, 3.05) is 0 Å². The van der Waals surface area contributed by atoms with Crippen molar-refractivity contribution in [2.24, 2.45) is 0 Å². The number of phenolic OH excluding ortho intramolecular Hbond substituents is 2. The number of hydrogen-bond donors (Lipinski definition) is 2. The molecule has 2 aromatic carbocycles. The van der Waals surface area contributed by atoms with Crippen molar-refractivity contribution in [2.45, 2.75) is 17.8 Å². The summed E-state index contributed by atoms with van der Waals surface area (Å²) in [6.07, 6.45) is -12.3. The maximum atomic E-state index is 13.9. The van der Waals surface area contributed by atoms with Crippen molar-refractivity contribution in [3.05, 3.63) is 67.8 Å². The topological polar surface area (TPSA) is 127 Å². The standard InChI is InChI=1S/C15H8F6N2O6/c16-14(17,18)13(15(19,20)21,7-1-3-9(22(26)27)11(24)5-7)8-2-4-10(23(28)29)12(25)6-8/h1-6,24-25H. The van der Waals surface area contributed by atoms with Gasteiger partial charge in [0, 0.05) is 12.1 Å². The normalized spacial score (nSPS) is 12.6. The van der Waals surface area contributed by atoms with Crippen molar-refractivity contribution in [1.82, 2.24) is 0 Å². The van der Waals surface area contributed by atoms with E-state index in [1.54, 1.807) is 0 Å². The van der Waals surface area contributed by atoms with Crippen LogP contribution in [0.1, 0.15) is 11.1 Å². The summed E-state index contributed by atoms with van der Waals surface area (Å²) in [7, 11) is 0. The molecule has 2 aromatic rings. The van der Waals surface area contributed by atoms with E-state index in [0.29, 0.717) is 0 Å². The lowest BCUT2D eigenvalue weighted by molar-refractivity contribution is -0.386. The number of nitrogens with zero attached hydrogens (tertiary/aromatic N) is 2. The van der Waals surface area contributed by atoms with Gasteiger partial charge in [-0.3, -0.25) is 20.2 Å². The zero-order valence-electron chi connectivity index (χ0n) is 13.7. The predicted molar refractivity (Wildman–Crippen MR) is 82.4 cm³/mol. The first-order chi connectivity index (χ1) is 13.1. The van der Waals surface area contributed by atoms with Gasteiger partial charge < -0.3 is 10.2 Å². The minimum absolute atomic E-state index is 0.0719. The molecule has 0 heterocycles. The monoisotopic (exact) mass is 426 g/mol. The minimum atomic E-state index is -6.13. The van der Waals surface area contributed by atoms with Crippen molar-refractivity contribution in [3.63, 3.8) is 0 Å². The van der Waals surface area contributed by atoms with Crippen molar-refractivity contribution in [3.8, 4) is 11.5 Å². The van der Waals surface area contributed by atoms with Gasteiger partial charge in [-0.2, -0.15) is 26.3 Å². The first kappa shape index (κ1) is 21.7. The van der Waals surface area contributed by atoms with Crippen LogP contribution in [0.5, 0.6) is 11.5 Å². The van der Waals surface area contributed by atoms with Gasteiger partial charge in [0.2, 0.25) is 5.41 Å². The summed E-state index contributed by atoms with van der Waals surface area (Å²) >= 11 is 0. The number of aromatic hydroxyl groups is 2. The Hall–Kier alpha value is -3.58. The summed E-state index contributed by atoms with van der Waals surface area (Å²) in [4.78, 5) is 18.9. The SMILES string of the molecule is O=[N+]([O-])c1ccc(C(c2ccc([N+](=O)[O-])c(O)c2)(C(F)(F)F)C(F)(F)F)cc1O. The third kappa shape index (κ3) is 3.36. The molecule has 2 N–H and O–H groups in total. The van der Waals surface area contributed by atoms with E-state index in [9.17, 15) is 56.8 Å². The molecule has 0 unspecified atom stereocenters. The highest BCUT2D eigenvalue weighted by Crippen LogP contribution is 2.57. The van der Waals surface area contributed by atoms with E-state index < -0.39 is 61.6 Å². The highest BCUT2D eigenvalue weighted by molar-refractivity contribution is 5.56. The third-order valence-electron chi connectivity index (χ3n) is 4.06. The van der Waals surface area contributed by atoms with Crippen LogP contribution in [0.3, 0.4) is 0 Å². The Morgan fingerprint density at radius 3 is 1.21 bits per heavy atom. The molecule has 2 rings (SSSR count). The molecule has 0 saturated heterocycles. The van der Waals surface area contributed by atoms with Crippen LogP contribution in [-0.4, -0.2) is 32.4 Å². The van der Waals surface area contributed by atoms with E-state index in [1.807, 2.05) is 0 Å². The van der Waals surface area contributed by atoms with Gasteiger partial charge in [-0.25, -0.2) is 0 Å². The molecule has 0 aliphatic rings. The number of hydrogen-bond acceptors (Lipinski definition) is 6. The average Bonchev–Trinajstić information content (AvgIpc) is 2.52. The molecule has 0 aromatic heterocycles. The summed E-state index contributed by atoms with van der Waals surface area (Å²) in [5.74, 6) is -2.92. The van der Waals surface area contributed by atoms with Gasteiger partial charge in [0.05, 0.1) is 9.85 Å². The Labute approximate surface area is 155 Å². The zero-order valence-corrected chi connectivity index (χ0v) is 13.7. The predicted octanol–water partition coefficient (Wildman–Crippen LogP) is 4.32. The third-order valence-corrected chi connectivity index (χ3v) is 4.06. The molecule has 0 spiro atoms. The van der Waals surface area contributed by atoms with Crippen LogP contribution in [0.25, 0.3) is 0 Å². The van der Waals surface area contributed by atoms with Crippen LogP contribution < -0.4 is 0 Å². The molecule has 8 nitrogen and oxygen atoms in total. The molecule has 14 heteroatoms. The molecular formula is C15H8F6N2O6. The minimum Gasteiger partial charge on any atom is -0.502 e. The van der Waals surface area contributed by atoms with E-state index >= 15 is 0 Å². The fraction of sp³-hybridized carbons (Fsp3) is 0.200. The van der Waals surface area contributed by atoms with Crippen LogP contribution >= 0.6 is 0 Å². The highest BCUT2D eigenvalue weighted by atomic mass is 19.4. The number of nitro groups is 2. The summed E-state index contributed by atoms with van der Waals surface area (Å²) < 4.78 is 83.2. The number of benzene rings is 2. The molecule has 0 saturated carbocycles. The second-order valence-electron chi connectivity index (χ2n) is 5.67. The molecule has 29 heavy (non-hydrogen) atoms. The van der Waals surface area contributed by atoms with Crippen LogP contribution in [0.2, 0.25) is 0 Å². The number of alkyl halides is 6. The second kappa shape index (κ2) is 6.79. The van der Waals surface area contributed by atoms with Crippen LogP contribution in [0, 0.1) is 20.2 Å². The van der Waals surface area contributed by atoms with Crippen molar-refractivity contribution in [1.29, 1.82) is 0 Å². The Balaban J connectivity index is 2.95. The number of rotatable bonds is 4. The van der Waals surface area contributed by atoms with E-state index in [-0.39, 0.29) is 36.4 Å². The van der Waals surface area contributed by atoms with Gasteiger partial charge in [-0.05, 0) is 23.3 Å². The Morgan fingerprint density at radius 2 is 1.00 bits per heavy atom. The van der Waals surface area contributed by atoms with Gasteiger partial charge in [0.15, 0.2) is 11.5 Å². The second-order valence-corrected chi connectivity index (χ2v) is 5.67. The van der Waals surface area contributed by atoms with Gasteiger partial charge in [0.1, 0.15) is 0 Å². The number of phenols is 2. The van der Waals surface area contributed by atoms with Gasteiger partial charge >= 0.3 is 23.7 Å². The van der Waals surface area contributed by atoms with Crippen LogP contribution in [0.15, 0.2) is 36.4 Å². The molecule has 0 aliphatic carbocycles. The smallest absolute Gasteiger partial charge is 0.411 e. The number of halogens is 6. The molecule has 0 atom stereocenters. The molecule has 0 radical (unpaired) electrons. The molecule has 0 fully saturated rings. The Bertz CT molecular complexity index is 909. The van der Waals surface area contributed by atoms with Gasteiger partial charge in [-0.15, -0.1) is 0 Å². The van der Waals surface area contributed by atoms with Crippen molar-refractivity contribution < 1.29 is 46.4 Å². The largest absolute Gasteiger partial charge is 0.502 e. The van der Waals surface area contributed by atoms with Crippen molar-refractivity contribution >= 4 is 11.4 Å². The maximum Gasteiger partial charge on any atom is 0.411 e. The molecule has 0 bridgehead atoms. The van der Waals surface area contributed by atoms with Crippen LogP contribution in [0.4, 0.5) is 37.7 Å². The van der Waals surface area contributed by atoms with E-state index in [0.717, 1.165) is 0 Å². The van der Waals surface area contributed by atoms with E-state index in [2.05, 4.69) is 0 Å². The molecule has 0 aliphatic heterocycles. The summed E-state index contributed by atoms with van der Waals surface area (Å²) in [5.41, 5.74) is -10.4. The molecule has 156 valence electrons. The first-order valence-corrected chi connectivity index (χ1v) is 7.23. The lowest BCUT2D eigenvalue weighted by atomic mass is 9.72. The Kier molecular flexibility index (Phi) is 5.08. The maximum absolute atomic E-state index is 13.9. The van der Waals surface area contributed by atoms with E-state index in [4.69, 9.17) is 0 Å². The fourth-order valence-corrected chi connectivity index (χ4v) is 2.80. The van der Waals surface area contributed by atoms with Crippen LogP contribution in [-0.2, 0) is 5.41 Å². The summed E-state index contributed by atoms with van der Waals surface area (Å²) in [6, 6.07) is 0.661. The lowest BCUT2D eigenvalue weighted by Crippen LogP contribution is -2.54. The highest BCUT2D eigenvalue weighted by Gasteiger charge is 2.72. The fourth-order valence-electron chi connectivity index (χ4n) is 2.80. The lowest BCUT2D eigenvalue weighted by Gasteiger charge is -2.38.